The molecule has 1 heterocycles. The van der Waals surface area contributed by atoms with Crippen molar-refractivity contribution in [2.24, 2.45) is 9.75 Å². The van der Waals surface area contributed by atoms with E-state index < -0.39 is 5.91 Å². The summed E-state index contributed by atoms with van der Waals surface area (Å²) < 4.78 is 7.67. The van der Waals surface area contributed by atoms with Gasteiger partial charge in [-0.2, -0.15) is 0 Å². The topological polar surface area (TPSA) is 110 Å². The highest BCUT2D eigenvalue weighted by atomic mass is 35.5. The molecular formula is C18H10ClN3O5S. The molecule has 2 N–H and O–H groups in total. The highest BCUT2D eigenvalue weighted by Crippen LogP contribution is 2.42. The van der Waals surface area contributed by atoms with E-state index in [1.807, 2.05) is 0 Å². The second kappa shape index (κ2) is 7.66. The summed E-state index contributed by atoms with van der Waals surface area (Å²) in [5.74, 6) is -0.745. The number of amides is 1. The normalized spacial score (nSPS) is 15.9. The van der Waals surface area contributed by atoms with Crippen molar-refractivity contribution in [3.05, 3.63) is 76.4 Å². The Balaban J connectivity index is 1.87. The molecule has 0 unspecified atom stereocenters. The maximum atomic E-state index is 13.1. The van der Waals surface area contributed by atoms with Gasteiger partial charge in [0.05, 0.1) is 40.7 Å². The first-order valence-corrected chi connectivity index (χ1v) is 8.95. The van der Waals surface area contributed by atoms with Gasteiger partial charge in [0.2, 0.25) is 0 Å². The molecule has 0 bridgehead atoms. The smallest absolute Gasteiger partial charge is 0.258 e. The van der Waals surface area contributed by atoms with Crippen molar-refractivity contribution < 1.29 is 24.2 Å². The van der Waals surface area contributed by atoms with E-state index in [0.717, 1.165) is 12.0 Å². The number of ketones is 1. The number of halogens is 1. The van der Waals surface area contributed by atoms with Crippen LogP contribution in [0.3, 0.4) is 0 Å². The second-order valence-corrected chi connectivity index (χ2v) is 6.65. The number of nitrogens with one attached hydrogen (secondary N) is 1. The summed E-state index contributed by atoms with van der Waals surface area (Å²) in [5, 5.41) is 18.4. The van der Waals surface area contributed by atoms with Crippen LogP contribution in [0.5, 0.6) is 0 Å². The fraction of sp³-hybridized carbons (Fsp3) is 0. The molecule has 140 valence electrons. The maximum Gasteiger partial charge on any atom is 0.258 e. The van der Waals surface area contributed by atoms with Crippen molar-refractivity contribution in [3.8, 4) is 0 Å². The molecule has 0 fully saturated rings. The Kier molecular flexibility index (Phi) is 5.07. The quantitative estimate of drug-likeness (QED) is 0.328. The molecule has 10 heteroatoms. The largest absolute Gasteiger partial charge is 0.321 e. The van der Waals surface area contributed by atoms with Crippen LogP contribution < -0.4 is 5.32 Å². The summed E-state index contributed by atoms with van der Waals surface area (Å²) >= 11 is 6.24. The molecule has 2 aromatic rings. The van der Waals surface area contributed by atoms with Crippen LogP contribution in [-0.2, 0) is 14.2 Å². The standard InChI is InChI=1S/C18H10ClN3O5S/c19-22-21-16-11-3-1-2-4-12(11)17(23)13-14(16)18(24)20-15(13)9-5-7-10(8-6-9)28-27-26-25/h1-8,25H,(H,20,24)/b22-21-. The number of carbonyl (C=O) groups is 2. The van der Waals surface area contributed by atoms with Gasteiger partial charge in [0, 0.05) is 16.0 Å². The third kappa shape index (κ3) is 3.05. The van der Waals surface area contributed by atoms with Crippen LogP contribution in [0.2, 0.25) is 0 Å². The van der Waals surface area contributed by atoms with Gasteiger partial charge in [0.1, 0.15) is 5.70 Å². The number of hydrogen-bond donors (Lipinski definition) is 2. The third-order valence-corrected chi connectivity index (χ3v) is 4.97. The predicted molar refractivity (Wildman–Crippen MR) is 101 cm³/mol. The Bertz CT molecular complexity index is 1080. The van der Waals surface area contributed by atoms with Gasteiger partial charge >= 0.3 is 0 Å². The zero-order chi connectivity index (χ0) is 19.7. The van der Waals surface area contributed by atoms with Crippen LogP contribution in [-0.4, -0.2) is 16.9 Å². The van der Waals surface area contributed by atoms with Gasteiger partial charge in [-0.3, -0.25) is 9.59 Å². The first kappa shape index (κ1) is 18.5. The van der Waals surface area contributed by atoms with Crippen LogP contribution in [0.15, 0.2) is 74.3 Å². The molecule has 2 aromatic carbocycles. The average molecular weight is 416 g/mol. The molecule has 0 spiro atoms. The molecule has 0 saturated heterocycles. The van der Waals surface area contributed by atoms with Gasteiger partial charge in [-0.15, -0.1) is 9.45 Å². The summed E-state index contributed by atoms with van der Waals surface area (Å²) in [7, 11) is 0. The Hall–Kier alpha value is -2.82. The lowest BCUT2D eigenvalue weighted by atomic mass is 9.84. The fourth-order valence-electron chi connectivity index (χ4n) is 3.18. The van der Waals surface area contributed by atoms with E-state index in [2.05, 4.69) is 24.4 Å². The van der Waals surface area contributed by atoms with Gasteiger partial charge in [0.15, 0.2) is 5.78 Å². The molecule has 1 amide bonds. The Morgan fingerprint density at radius 2 is 1.71 bits per heavy atom. The first-order chi connectivity index (χ1) is 13.7. The number of carbonyl (C=O) groups excluding carboxylic acids is 2. The van der Waals surface area contributed by atoms with Crippen LogP contribution in [0.4, 0.5) is 0 Å². The van der Waals surface area contributed by atoms with E-state index in [0.29, 0.717) is 27.3 Å². The SMILES string of the molecule is O=C1NC(c2ccc(SOOO)cc2)=C2C(=O)c3ccccc3C(/N=N\Cl)=C12. The lowest BCUT2D eigenvalue weighted by molar-refractivity contribution is -0.432. The van der Waals surface area contributed by atoms with E-state index in [4.69, 9.17) is 17.0 Å². The summed E-state index contributed by atoms with van der Waals surface area (Å²) in [6.45, 7) is 0. The Morgan fingerprint density at radius 1 is 1.00 bits per heavy atom. The monoisotopic (exact) mass is 415 g/mol. The number of rotatable bonds is 5. The van der Waals surface area contributed by atoms with Crippen molar-refractivity contribution >= 4 is 46.9 Å². The van der Waals surface area contributed by atoms with Gasteiger partial charge < -0.3 is 5.32 Å². The number of nitrogens with zero attached hydrogens (tertiary/aromatic N) is 2. The van der Waals surface area contributed by atoms with Crippen molar-refractivity contribution in [3.63, 3.8) is 0 Å². The molecule has 0 atom stereocenters. The van der Waals surface area contributed by atoms with Gasteiger partial charge in [-0.05, 0) is 17.7 Å². The molecule has 0 saturated carbocycles. The summed E-state index contributed by atoms with van der Waals surface area (Å²) in [4.78, 5) is 26.4. The lowest BCUT2D eigenvalue weighted by Crippen LogP contribution is -2.19. The molecular weight excluding hydrogens is 406 g/mol. The van der Waals surface area contributed by atoms with Gasteiger partial charge in [-0.1, -0.05) is 46.1 Å². The molecule has 0 radical (unpaired) electrons. The second-order valence-electron chi connectivity index (χ2n) is 5.73. The molecule has 2 aliphatic rings. The maximum absolute atomic E-state index is 13.1. The van der Waals surface area contributed by atoms with Crippen LogP contribution in [0.25, 0.3) is 11.4 Å². The van der Waals surface area contributed by atoms with E-state index in [1.165, 1.54) is 0 Å². The highest BCUT2D eigenvalue weighted by molar-refractivity contribution is 7.94. The minimum Gasteiger partial charge on any atom is -0.321 e. The summed E-state index contributed by atoms with van der Waals surface area (Å²) in [6.07, 6.45) is 0. The van der Waals surface area contributed by atoms with Gasteiger partial charge in [-0.25, -0.2) is 5.26 Å². The number of hydrogen-bond acceptors (Lipinski definition) is 8. The zero-order valence-corrected chi connectivity index (χ0v) is 15.5. The zero-order valence-electron chi connectivity index (χ0n) is 13.9. The molecule has 8 nitrogen and oxygen atoms in total. The van der Waals surface area contributed by atoms with Crippen molar-refractivity contribution in [2.45, 2.75) is 4.90 Å². The minimum absolute atomic E-state index is 0.138. The Morgan fingerprint density at radius 3 is 2.39 bits per heavy atom. The van der Waals surface area contributed by atoms with E-state index >= 15 is 0 Å². The van der Waals surface area contributed by atoms with Crippen LogP contribution in [0, 0.1) is 0 Å². The van der Waals surface area contributed by atoms with Crippen molar-refractivity contribution in [2.75, 3.05) is 0 Å². The van der Waals surface area contributed by atoms with Crippen LogP contribution in [0.1, 0.15) is 21.5 Å². The predicted octanol–water partition coefficient (Wildman–Crippen LogP) is 4.17. The highest BCUT2D eigenvalue weighted by Gasteiger charge is 2.40. The third-order valence-electron chi connectivity index (χ3n) is 4.30. The first-order valence-electron chi connectivity index (χ1n) is 7.87. The summed E-state index contributed by atoms with van der Waals surface area (Å²) in [5.41, 5.74) is 2.50. The van der Waals surface area contributed by atoms with E-state index in [-0.39, 0.29) is 22.6 Å². The number of Topliss-reactive ketones (excluding diaryl/α,β-unsaturated/α-hetero) is 1. The van der Waals surface area contributed by atoms with E-state index in [1.54, 1.807) is 48.5 Å². The van der Waals surface area contributed by atoms with Crippen LogP contribution >= 0.6 is 23.8 Å². The number of fused-ring (bicyclic) bond motifs is 2. The lowest BCUT2D eigenvalue weighted by Gasteiger charge is -2.17. The average Bonchev–Trinajstić information content (AvgIpc) is 3.07. The molecule has 4 rings (SSSR count). The minimum atomic E-state index is -0.456. The Labute approximate surface area is 167 Å². The van der Waals surface area contributed by atoms with Crippen molar-refractivity contribution in [1.29, 1.82) is 0 Å². The molecule has 0 aromatic heterocycles. The molecule has 1 aliphatic carbocycles. The fourth-order valence-corrected chi connectivity index (χ4v) is 3.61. The number of benzene rings is 2. The van der Waals surface area contributed by atoms with Crippen molar-refractivity contribution in [1.82, 2.24) is 5.32 Å². The summed E-state index contributed by atoms with van der Waals surface area (Å²) in [6, 6.07) is 13.6. The molecule has 28 heavy (non-hydrogen) atoms. The van der Waals surface area contributed by atoms with E-state index in [9.17, 15) is 9.59 Å². The molecule has 1 aliphatic heterocycles. The van der Waals surface area contributed by atoms with Gasteiger partial charge in [0.25, 0.3) is 5.91 Å².